The maximum atomic E-state index is 12.3. The lowest BCUT2D eigenvalue weighted by Crippen LogP contribution is -2.40. The molecular formula is C19H30N2O2. The molecule has 23 heavy (non-hydrogen) atoms. The maximum absolute atomic E-state index is 12.3. The molecule has 1 aromatic heterocycles. The largest absolute Gasteiger partial charge is 0.390 e. The van der Waals surface area contributed by atoms with E-state index in [0.717, 1.165) is 24.2 Å². The highest BCUT2D eigenvalue weighted by molar-refractivity contribution is 5.97. The van der Waals surface area contributed by atoms with Crippen molar-refractivity contribution in [2.75, 3.05) is 13.6 Å². The van der Waals surface area contributed by atoms with Crippen LogP contribution in [0.5, 0.6) is 0 Å². The average Bonchev–Trinajstić information content (AvgIpc) is 2.85. The first-order chi connectivity index (χ1) is 11.1. The Bertz CT molecular complexity index is 558. The van der Waals surface area contributed by atoms with Crippen molar-refractivity contribution in [3.8, 4) is 0 Å². The van der Waals surface area contributed by atoms with Crippen molar-refractivity contribution in [2.45, 2.75) is 77.0 Å². The van der Waals surface area contributed by atoms with Gasteiger partial charge < -0.3 is 14.6 Å². The van der Waals surface area contributed by atoms with E-state index in [1.165, 1.54) is 37.7 Å². The smallest absolute Gasteiger partial charge is 0.179 e. The fourth-order valence-electron chi connectivity index (χ4n) is 4.33. The first kappa shape index (κ1) is 16.7. The van der Waals surface area contributed by atoms with Crippen molar-refractivity contribution < 1.29 is 9.90 Å². The zero-order valence-corrected chi connectivity index (χ0v) is 14.6. The van der Waals surface area contributed by atoms with E-state index in [0.29, 0.717) is 25.6 Å². The molecule has 2 aliphatic rings. The first-order valence-corrected chi connectivity index (χ1v) is 9.16. The summed E-state index contributed by atoms with van der Waals surface area (Å²) >= 11 is 0. The Labute approximate surface area is 139 Å². The Morgan fingerprint density at radius 1 is 1.26 bits per heavy atom. The van der Waals surface area contributed by atoms with Crippen molar-refractivity contribution in [2.24, 2.45) is 0 Å². The second-order valence-electron chi connectivity index (χ2n) is 7.43. The number of carbonyl (C=O) groups excluding carboxylic acids is 1. The standard InChI is InChI=1S/C19H30N2O2/c1-14-11-15-7-6-10-18(23)19(15)21(14)13-17(22)12-20(2)16-8-4-3-5-9-16/h11,16-17,22H,3-10,12-13H2,1-2H3. The van der Waals surface area contributed by atoms with Crippen molar-refractivity contribution in [3.05, 3.63) is 23.0 Å². The minimum atomic E-state index is -0.424. The van der Waals surface area contributed by atoms with Gasteiger partial charge in [0.25, 0.3) is 0 Å². The SMILES string of the molecule is Cc1cc2c(n1CC(O)CN(C)C1CCCCC1)C(=O)CCC2. The molecule has 3 rings (SSSR count). The number of aliphatic hydroxyl groups excluding tert-OH is 1. The molecule has 1 heterocycles. The van der Waals surface area contributed by atoms with Gasteiger partial charge in [0.15, 0.2) is 5.78 Å². The Morgan fingerprint density at radius 2 is 2.00 bits per heavy atom. The van der Waals surface area contributed by atoms with Crippen LogP contribution in [-0.4, -0.2) is 46.1 Å². The predicted molar refractivity (Wildman–Crippen MR) is 91.9 cm³/mol. The number of hydrogen-bond donors (Lipinski definition) is 1. The predicted octanol–water partition coefficient (Wildman–Crippen LogP) is 2.94. The number of Topliss-reactive ketones (excluding diaryl/α,β-unsaturated/α-hetero) is 1. The molecule has 1 unspecified atom stereocenters. The molecule has 4 heteroatoms. The number of aliphatic hydroxyl groups is 1. The summed E-state index contributed by atoms with van der Waals surface area (Å²) in [6.45, 7) is 3.26. The van der Waals surface area contributed by atoms with Gasteiger partial charge in [-0.25, -0.2) is 0 Å². The van der Waals surface area contributed by atoms with Crippen molar-refractivity contribution >= 4 is 5.78 Å². The summed E-state index contributed by atoms with van der Waals surface area (Å²) < 4.78 is 2.05. The summed E-state index contributed by atoms with van der Waals surface area (Å²) in [4.78, 5) is 14.6. The minimum Gasteiger partial charge on any atom is -0.390 e. The number of aromatic nitrogens is 1. The molecule has 0 amide bonds. The van der Waals surface area contributed by atoms with E-state index in [-0.39, 0.29) is 5.78 Å². The van der Waals surface area contributed by atoms with Crippen LogP contribution < -0.4 is 0 Å². The van der Waals surface area contributed by atoms with Gasteiger partial charge in [-0.3, -0.25) is 4.79 Å². The summed E-state index contributed by atoms with van der Waals surface area (Å²) in [6.07, 6.45) is 8.65. The van der Waals surface area contributed by atoms with Crippen LogP contribution in [0.3, 0.4) is 0 Å². The number of rotatable bonds is 5. The van der Waals surface area contributed by atoms with Crippen molar-refractivity contribution in [1.29, 1.82) is 0 Å². The van der Waals surface area contributed by atoms with Crippen LogP contribution in [0.25, 0.3) is 0 Å². The highest BCUT2D eigenvalue weighted by atomic mass is 16.3. The molecule has 4 nitrogen and oxygen atoms in total. The molecular weight excluding hydrogens is 288 g/mol. The molecule has 1 fully saturated rings. The average molecular weight is 318 g/mol. The number of carbonyl (C=O) groups is 1. The van der Waals surface area contributed by atoms with Gasteiger partial charge in [0.1, 0.15) is 0 Å². The summed E-state index contributed by atoms with van der Waals surface area (Å²) in [7, 11) is 2.13. The number of hydrogen-bond acceptors (Lipinski definition) is 3. The second-order valence-corrected chi connectivity index (χ2v) is 7.43. The van der Waals surface area contributed by atoms with Gasteiger partial charge in [0.05, 0.1) is 18.3 Å². The number of nitrogens with zero attached hydrogens (tertiary/aromatic N) is 2. The lowest BCUT2D eigenvalue weighted by atomic mass is 9.94. The molecule has 0 spiro atoms. The van der Waals surface area contributed by atoms with E-state index >= 15 is 0 Å². The summed E-state index contributed by atoms with van der Waals surface area (Å²) in [6, 6.07) is 2.74. The highest BCUT2D eigenvalue weighted by Crippen LogP contribution is 2.26. The van der Waals surface area contributed by atoms with Gasteiger partial charge in [-0.05, 0) is 51.3 Å². The second kappa shape index (κ2) is 7.18. The third-order valence-electron chi connectivity index (χ3n) is 5.59. The third-order valence-corrected chi connectivity index (χ3v) is 5.59. The molecule has 1 saturated carbocycles. The molecule has 0 aromatic carbocycles. The van der Waals surface area contributed by atoms with Crippen molar-refractivity contribution in [1.82, 2.24) is 9.47 Å². The van der Waals surface area contributed by atoms with Crippen LogP contribution in [0, 0.1) is 6.92 Å². The highest BCUT2D eigenvalue weighted by Gasteiger charge is 2.25. The molecule has 1 aromatic rings. The molecule has 1 N–H and O–H groups in total. The quantitative estimate of drug-likeness (QED) is 0.908. The van der Waals surface area contributed by atoms with Gasteiger partial charge in [-0.1, -0.05) is 19.3 Å². The zero-order chi connectivity index (χ0) is 16.4. The number of fused-ring (bicyclic) bond motifs is 1. The van der Waals surface area contributed by atoms with Crippen LogP contribution in [0.2, 0.25) is 0 Å². The van der Waals surface area contributed by atoms with Crippen LogP contribution in [0.15, 0.2) is 6.07 Å². The number of likely N-dealkylation sites (N-methyl/N-ethyl adjacent to an activating group) is 1. The third kappa shape index (κ3) is 3.69. The summed E-state index contributed by atoms with van der Waals surface area (Å²) in [5, 5.41) is 10.6. The van der Waals surface area contributed by atoms with E-state index in [4.69, 9.17) is 0 Å². The summed E-state index contributed by atoms with van der Waals surface area (Å²) in [5.41, 5.74) is 3.13. The van der Waals surface area contributed by atoms with Gasteiger partial charge in [-0.2, -0.15) is 0 Å². The fraction of sp³-hybridized carbons (Fsp3) is 0.737. The Kier molecular flexibility index (Phi) is 5.22. The van der Waals surface area contributed by atoms with E-state index in [2.05, 4.69) is 22.6 Å². The van der Waals surface area contributed by atoms with E-state index < -0.39 is 6.10 Å². The van der Waals surface area contributed by atoms with Gasteiger partial charge >= 0.3 is 0 Å². The first-order valence-electron chi connectivity index (χ1n) is 9.16. The molecule has 0 saturated heterocycles. The van der Waals surface area contributed by atoms with E-state index in [1.807, 2.05) is 6.92 Å². The van der Waals surface area contributed by atoms with Crippen molar-refractivity contribution in [3.63, 3.8) is 0 Å². The van der Waals surface area contributed by atoms with Crippen LogP contribution in [-0.2, 0) is 13.0 Å². The normalized spacial score (nSPS) is 20.8. The van der Waals surface area contributed by atoms with Crippen LogP contribution in [0.4, 0.5) is 0 Å². The molecule has 128 valence electrons. The van der Waals surface area contributed by atoms with Gasteiger partial charge in [0.2, 0.25) is 0 Å². The molecule has 2 aliphatic carbocycles. The Balaban J connectivity index is 1.65. The van der Waals surface area contributed by atoms with E-state index in [1.54, 1.807) is 0 Å². The molecule has 0 bridgehead atoms. The van der Waals surface area contributed by atoms with Crippen LogP contribution >= 0.6 is 0 Å². The number of aryl methyl sites for hydroxylation is 2. The lowest BCUT2D eigenvalue weighted by molar-refractivity contribution is 0.0779. The number of ketones is 1. The van der Waals surface area contributed by atoms with Crippen LogP contribution in [0.1, 0.15) is 66.7 Å². The van der Waals surface area contributed by atoms with Gasteiger partial charge in [0, 0.05) is 24.7 Å². The monoisotopic (exact) mass is 318 g/mol. The molecule has 0 radical (unpaired) electrons. The fourth-order valence-corrected chi connectivity index (χ4v) is 4.33. The Hall–Kier alpha value is -1.13. The minimum absolute atomic E-state index is 0.243. The summed E-state index contributed by atoms with van der Waals surface area (Å²) in [5.74, 6) is 0.243. The molecule has 0 aliphatic heterocycles. The van der Waals surface area contributed by atoms with E-state index in [9.17, 15) is 9.90 Å². The zero-order valence-electron chi connectivity index (χ0n) is 14.6. The topological polar surface area (TPSA) is 45.5 Å². The maximum Gasteiger partial charge on any atom is 0.179 e. The lowest BCUT2D eigenvalue weighted by Gasteiger charge is -2.32. The van der Waals surface area contributed by atoms with Gasteiger partial charge in [-0.15, -0.1) is 0 Å². The Morgan fingerprint density at radius 3 is 2.74 bits per heavy atom. The molecule has 1 atom stereocenters.